The Kier molecular flexibility index (Phi) is 3.90. The van der Waals surface area contributed by atoms with Gasteiger partial charge in [0.05, 0.1) is 12.2 Å². The van der Waals surface area contributed by atoms with E-state index in [1.165, 1.54) is 6.07 Å². The lowest BCUT2D eigenvalue weighted by Crippen LogP contribution is -2.24. The van der Waals surface area contributed by atoms with Crippen molar-refractivity contribution in [1.29, 1.82) is 0 Å². The zero-order valence-corrected chi connectivity index (χ0v) is 13.3. The molecule has 0 amide bonds. The summed E-state index contributed by atoms with van der Waals surface area (Å²) in [6, 6.07) is 4.89. The number of nitrogens with zero attached hydrogens (tertiary/aromatic N) is 6. The summed E-state index contributed by atoms with van der Waals surface area (Å²) >= 11 is 0. The van der Waals surface area contributed by atoms with Gasteiger partial charge in [-0.2, -0.15) is 22.8 Å². The highest BCUT2D eigenvalue weighted by Crippen LogP contribution is 2.27. The molecule has 3 aromatic heterocycles. The van der Waals surface area contributed by atoms with Gasteiger partial charge in [-0.15, -0.1) is 15.3 Å². The summed E-state index contributed by atoms with van der Waals surface area (Å²) in [4.78, 5) is 0. The van der Waals surface area contributed by atoms with Crippen LogP contribution in [0, 0.1) is 13.8 Å². The van der Waals surface area contributed by atoms with E-state index in [4.69, 9.17) is 0 Å². The molecule has 0 aliphatic rings. The normalized spacial score (nSPS) is 13.4. The van der Waals surface area contributed by atoms with E-state index >= 15 is 0 Å². The van der Waals surface area contributed by atoms with Crippen molar-refractivity contribution in [3.63, 3.8) is 0 Å². The fraction of sp³-hybridized carbons (Fsp3) is 0.429. The highest BCUT2D eigenvalue weighted by Gasteiger charge is 2.37. The summed E-state index contributed by atoms with van der Waals surface area (Å²) in [6.45, 7) is 6.32. The van der Waals surface area contributed by atoms with Gasteiger partial charge in [-0.25, -0.2) is 0 Å². The molecule has 0 spiro atoms. The quantitative estimate of drug-likeness (QED) is 0.790. The van der Waals surface area contributed by atoms with Gasteiger partial charge in [-0.3, -0.25) is 4.68 Å². The molecule has 0 bridgehead atoms. The maximum atomic E-state index is 12.9. The predicted molar refractivity (Wildman–Crippen MR) is 80.6 cm³/mol. The van der Waals surface area contributed by atoms with Crippen molar-refractivity contribution in [2.45, 2.75) is 39.5 Å². The van der Waals surface area contributed by atoms with Gasteiger partial charge in [0.1, 0.15) is 5.82 Å². The van der Waals surface area contributed by atoms with Gasteiger partial charge >= 0.3 is 6.18 Å². The summed E-state index contributed by atoms with van der Waals surface area (Å²) in [7, 11) is 0. The van der Waals surface area contributed by atoms with Gasteiger partial charge in [-0.05, 0) is 39.0 Å². The van der Waals surface area contributed by atoms with E-state index in [0.29, 0.717) is 16.9 Å². The Bertz CT molecular complexity index is 865. The summed E-state index contributed by atoms with van der Waals surface area (Å²) < 4.78 is 41.2. The second-order valence-corrected chi connectivity index (χ2v) is 5.66. The van der Waals surface area contributed by atoms with E-state index < -0.39 is 12.0 Å². The van der Waals surface area contributed by atoms with E-state index in [-0.39, 0.29) is 11.7 Å². The fourth-order valence-corrected chi connectivity index (χ4v) is 2.46. The molecule has 24 heavy (non-hydrogen) atoms. The fourth-order valence-electron chi connectivity index (χ4n) is 2.46. The maximum Gasteiger partial charge on any atom is 0.453 e. The average Bonchev–Trinajstić information content (AvgIpc) is 3.01. The predicted octanol–water partition coefficient (Wildman–Crippen LogP) is 2.46. The Balaban J connectivity index is 1.80. The van der Waals surface area contributed by atoms with E-state index in [1.54, 1.807) is 6.07 Å². The molecule has 0 radical (unpaired) electrons. The van der Waals surface area contributed by atoms with Crippen LogP contribution in [0.2, 0.25) is 0 Å². The lowest BCUT2D eigenvalue weighted by molar-refractivity contribution is -0.146. The van der Waals surface area contributed by atoms with E-state index in [9.17, 15) is 13.2 Å². The molecule has 0 saturated heterocycles. The molecule has 3 rings (SSSR count). The second kappa shape index (κ2) is 5.77. The zero-order valence-electron chi connectivity index (χ0n) is 13.3. The molecular formula is C14H16F3N7. The molecular weight excluding hydrogens is 323 g/mol. The molecule has 0 saturated carbocycles. The first-order valence-electron chi connectivity index (χ1n) is 7.31. The van der Waals surface area contributed by atoms with Crippen LogP contribution in [-0.2, 0) is 12.7 Å². The first-order valence-corrected chi connectivity index (χ1v) is 7.31. The average molecular weight is 339 g/mol. The molecule has 0 aliphatic heterocycles. The Morgan fingerprint density at radius 3 is 2.54 bits per heavy atom. The first kappa shape index (κ1) is 16.2. The van der Waals surface area contributed by atoms with Crippen molar-refractivity contribution in [2.75, 3.05) is 5.32 Å². The van der Waals surface area contributed by atoms with Crippen molar-refractivity contribution in [3.8, 4) is 0 Å². The number of hydrogen-bond donors (Lipinski definition) is 1. The molecule has 1 N–H and O–H groups in total. The van der Waals surface area contributed by atoms with E-state index in [0.717, 1.165) is 11.4 Å². The zero-order chi connectivity index (χ0) is 17.5. The first-order chi connectivity index (χ1) is 11.2. The van der Waals surface area contributed by atoms with Crippen molar-refractivity contribution >= 4 is 11.5 Å². The monoisotopic (exact) mass is 339 g/mol. The third-order valence-electron chi connectivity index (χ3n) is 3.46. The van der Waals surface area contributed by atoms with Gasteiger partial charge in [0.2, 0.25) is 0 Å². The molecule has 0 aromatic carbocycles. The van der Waals surface area contributed by atoms with Gasteiger partial charge < -0.3 is 5.32 Å². The van der Waals surface area contributed by atoms with Crippen LogP contribution in [0.4, 0.5) is 19.0 Å². The summed E-state index contributed by atoms with van der Waals surface area (Å²) in [5.74, 6) is -0.839. The van der Waals surface area contributed by atoms with E-state index in [2.05, 4.69) is 25.7 Å². The van der Waals surface area contributed by atoms with Gasteiger partial charge in [-0.1, -0.05) is 0 Å². The molecule has 3 aromatic rings. The third-order valence-corrected chi connectivity index (χ3v) is 3.46. The number of rotatable bonds is 4. The highest BCUT2D eigenvalue weighted by atomic mass is 19.4. The number of hydrogen-bond acceptors (Lipinski definition) is 5. The van der Waals surface area contributed by atoms with E-state index in [1.807, 2.05) is 31.5 Å². The minimum absolute atomic E-state index is 0.0408. The molecule has 1 atom stereocenters. The SMILES string of the molecule is Cc1cc(C)n(C[C@H](C)Nc2ccc3nnc(C(F)(F)F)n3n2)n1. The molecule has 10 heteroatoms. The number of anilines is 1. The number of aromatic nitrogens is 6. The Labute approximate surface area is 135 Å². The van der Waals surface area contributed by atoms with Crippen LogP contribution in [0.5, 0.6) is 0 Å². The number of fused-ring (bicyclic) bond motifs is 1. The smallest absolute Gasteiger partial charge is 0.364 e. The van der Waals surface area contributed by atoms with Crippen molar-refractivity contribution in [3.05, 3.63) is 35.4 Å². The van der Waals surface area contributed by atoms with Crippen LogP contribution < -0.4 is 5.32 Å². The van der Waals surface area contributed by atoms with Crippen LogP contribution >= 0.6 is 0 Å². The van der Waals surface area contributed by atoms with Crippen LogP contribution in [0.1, 0.15) is 24.1 Å². The molecule has 0 aliphatic carbocycles. The topological polar surface area (TPSA) is 72.9 Å². The number of aryl methyl sites for hydroxylation is 2. The summed E-state index contributed by atoms with van der Waals surface area (Å²) in [5, 5.41) is 18.0. The molecule has 3 heterocycles. The Morgan fingerprint density at radius 2 is 1.92 bits per heavy atom. The van der Waals surface area contributed by atoms with Crippen LogP contribution in [-0.4, -0.2) is 35.6 Å². The standard InChI is InChI=1S/C14H16F3N7/c1-8-6-10(3)23(21-8)7-9(2)18-11-4-5-12-19-20-13(14(15,16)17)24(12)22-11/h4-6,9H,7H2,1-3H3,(H,18,22)/t9-/m0/s1. The Morgan fingerprint density at radius 1 is 1.17 bits per heavy atom. The number of nitrogens with one attached hydrogen (secondary N) is 1. The number of halogens is 3. The summed E-state index contributed by atoms with van der Waals surface area (Å²) in [5.41, 5.74) is 1.97. The molecule has 0 unspecified atom stereocenters. The summed E-state index contributed by atoms with van der Waals surface area (Å²) in [6.07, 6.45) is -4.61. The third kappa shape index (κ3) is 3.17. The molecule has 7 nitrogen and oxygen atoms in total. The van der Waals surface area contributed by atoms with Gasteiger partial charge in [0.25, 0.3) is 5.82 Å². The minimum Gasteiger partial charge on any atom is -0.364 e. The minimum atomic E-state index is -4.61. The number of alkyl halides is 3. The van der Waals surface area contributed by atoms with Crippen LogP contribution in [0.3, 0.4) is 0 Å². The van der Waals surface area contributed by atoms with Crippen molar-refractivity contribution < 1.29 is 13.2 Å². The molecule has 128 valence electrons. The van der Waals surface area contributed by atoms with Crippen molar-refractivity contribution in [2.24, 2.45) is 0 Å². The largest absolute Gasteiger partial charge is 0.453 e. The van der Waals surface area contributed by atoms with Gasteiger partial charge in [0, 0.05) is 11.7 Å². The van der Waals surface area contributed by atoms with Crippen molar-refractivity contribution in [1.82, 2.24) is 29.6 Å². The Hall–Kier alpha value is -2.65. The lowest BCUT2D eigenvalue weighted by atomic mass is 10.3. The highest BCUT2D eigenvalue weighted by molar-refractivity contribution is 5.44. The second-order valence-electron chi connectivity index (χ2n) is 5.66. The van der Waals surface area contributed by atoms with Crippen LogP contribution in [0.25, 0.3) is 5.65 Å². The lowest BCUT2D eigenvalue weighted by Gasteiger charge is -2.15. The maximum absolute atomic E-state index is 12.9. The van der Waals surface area contributed by atoms with Gasteiger partial charge in [0.15, 0.2) is 5.65 Å². The molecule has 0 fully saturated rings. The van der Waals surface area contributed by atoms with Crippen LogP contribution in [0.15, 0.2) is 18.2 Å².